The van der Waals surface area contributed by atoms with Crippen LogP contribution in [0.3, 0.4) is 0 Å². The summed E-state index contributed by atoms with van der Waals surface area (Å²) in [6, 6.07) is 55.1. The van der Waals surface area contributed by atoms with Crippen LogP contribution in [0.25, 0.3) is 39.1 Å². The van der Waals surface area contributed by atoms with Gasteiger partial charge in [-0.3, -0.25) is 4.99 Å². The van der Waals surface area contributed by atoms with E-state index in [1.165, 1.54) is 39.0 Å². The van der Waals surface area contributed by atoms with E-state index in [1.54, 1.807) is 12.2 Å². The van der Waals surface area contributed by atoms with Gasteiger partial charge in [-0.2, -0.15) is 0 Å². The van der Waals surface area contributed by atoms with Gasteiger partial charge in [0.05, 0.1) is 5.70 Å². The van der Waals surface area contributed by atoms with Gasteiger partial charge in [0.1, 0.15) is 0 Å². The summed E-state index contributed by atoms with van der Waals surface area (Å²) in [6.45, 7) is 16.4. The van der Waals surface area contributed by atoms with Gasteiger partial charge in [-0.25, -0.2) is 0 Å². The van der Waals surface area contributed by atoms with Crippen molar-refractivity contribution in [3.63, 3.8) is 0 Å². The van der Waals surface area contributed by atoms with Gasteiger partial charge in [0.25, 0.3) is 0 Å². The van der Waals surface area contributed by atoms with Crippen LogP contribution in [0.15, 0.2) is 290 Å². The van der Waals surface area contributed by atoms with Crippen molar-refractivity contribution >= 4 is 40.1 Å². The summed E-state index contributed by atoms with van der Waals surface area (Å²) in [6.07, 6.45) is 39.0. The first-order valence-electron chi connectivity index (χ1n) is 25.9. The van der Waals surface area contributed by atoms with Crippen molar-refractivity contribution in [3.8, 4) is 22.3 Å². The van der Waals surface area contributed by atoms with Gasteiger partial charge in [0, 0.05) is 53.4 Å². The quantitative estimate of drug-likeness (QED) is 0.0469. The number of hydrogen-bond donors (Lipinski definition) is 3. The van der Waals surface area contributed by atoms with Gasteiger partial charge in [0.15, 0.2) is 0 Å². The molecule has 3 N–H and O–H groups in total. The minimum absolute atomic E-state index is 0.137. The first-order chi connectivity index (χ1) is 36.8. The Morgan fingerprint density at radius 2 is 1.37 bits per heavy atom. The van der Waals surface area contributed by atoms with Crippen molar-refractivity contribution < 1.29 is 0 Å². The number of nitrogens with zero attached hydrogens (tertiary/aromatic N) is 1. The molecule has 0 bridgehead atoms. The Morgan fingerprint density at radius 3 is 2.08 bits per heavy atom. The van der Waals surface area contributed by atoms with Crippen LogP contribution in [-0.2, 0) is 0 Å². The van der Waals surface area contributed by atoms with Crippen LogP contribution >= 0.6 is 0 Å². The van der Waals surface area contributed by atoms with E-state index >= 15 is 0 Å². The highest BCUT2D eigenvalue weighted by atomic mass is 14.9. The smallest absolute Gasteiger partial charge is 0.0720 e. The molecule has 75 heavy (non-hydrogen) atoms. The van der Waals surface area contributed by atoms with E-state index in [0.29, 0.717) is 12.1 Å². The van der Waals surface area contributed by atoms with Gasteiger partial charge >= 0.3 is 0 Å². The average molecular weight is 981 g/mol. The molecule has 0 saturated heterocycles. The third-order valence-corrected chi connectivity index (χ3v) is 12.3. The van der Waals surface area contributed by atoms with Crippen LogP contribution < -0.4 is 10.6 Å². The zero-order chi connectivity index (χ0) is 52.9. The highest BCUT2D eigenvalue weighted by Crippen LogP contribution is 2.32. The molecule has 0 aromatic heterocycles. The SMILES string of the molecule is C=C/C=C\C.C=C/C=C\C=C/CNc1ccccc1-c1cccc(/C(C)=C/C(=C\C)C2=CC=CC(Nc3ccc(C=N/C(=C\C(=N)C/C=C\C(=C/CC)c4ccccc4)c4ccc(-c5ccccc5)cc4)cc3)C2)c1. The number of aliphatic imine (C=N–C) groups is 1. The molecular weight excluding hydrogens is 909 g/mol. The Hall–Kier alpha value is -8.86. The molecule has 1 aliphatic carbocycles. The molecule has 0 amide bonds. The maximum atomic E-state index is 8.98. The highest BCUT2D eigenvalue weighted by molar-refractivity contribution is 6.01. The zero-order valence-corrected chi connectivity index (χ0v) is 44.2. The average Bonchev–Trinajstić information content (AvgIpc) is 3.45. The van der Waals surface area contributed by atoms with Crippen molar-refractivity contribution in [2.45, 2.75) is 53.0 Å². The fourth-order valence-corrected chi connectivity index (χ4v) is 8.44. The lowest BCUT2D eigenvalue weighted by atomic mass is 9.91. The van der Waals surface area contributed by atoms with Crippen molar-refractivity contribution in [1.29, 1.82) is 5.41 Å². The van der Waals surface area contributed by atoms with Crippen LogP contribution in [0.1, 0.15) is 69.2 Å². The molecular formula is C71H72N4. The summed E-state index contributed by atoms with van der Waals surface area (Å²) in [4.78, 5) is 5.00. The molecule has 0 heterocycles. The molecule has 376 valence electrons. The van der Waals surface area contributed by atoms with Crippen LogP contribution in [0, 0.1) is 5.41 Å². The highest BCUT2D eigenvalue weighted by Gasteiger charge is 2.15. The van der Waals surface area contributed by atoms with Crippen LogP contribution in [0.5, 0.6) is 0 Å². The monoisotopic (exact) mass is 981 g/mol. The van der Waals surface area contributed by atoms with E-state index in [4.69, 9.17) is 10.4 Å². The minimum Gasteiger partial charge on any atom is -0.381 e. The molecule has 0 fully saturated rings. The molecule has 1 atom stereocenters. The number of benzene rings is 6. The predicted molar refractivity (Wildman–Crippen MR) is 331 cm³/mol. The minimum atomic E-state index is 0.137. The Labute approximate surface area is 448 Å². The van der Waals surface area contributed by atoms with Crippen molar-refractivity contribution in [2.75, 3.05) is 17.2 Å². The Balaban J connectivity index is 0.00000174. The van der Waals surface area contributed by atoms with E-state index in [2.05, 4.69) is 245 Å². The van der Waals surface area contributed by atoms with Gasteiger partial charge in [-0.1, -0.05) is 251 Å². The second kappa shape index (κ2) is 30.9. The third-order valence-electron chi connectivity index (χ3n) is 12.3. The zero-order valence-electron chi connectivity index (χ0n) is 44.2. The number of rotatable bonds is 22. The largest absolute Gasteiger partial charge is 0.381 e. The summed E-state index contributed by atoms with van der Waals surface area (Å²) in [5.41, 5.74) is 17.2. The second-order valence-corrected chi connectivity index (χ2v) is 17.8. The van der Waals surface area contributed by atoms with Gasteiger partial charge in [-0.05, 0) is 120 Å². The second-order valence-electron chi connectivity index (χ2n) is 17.8. The topological polar surface area (TPSA) is 60.3 Å². The number of anilines is 2. The number of para-hydroxylation sites is 1. The molecule has 4 heteroatoms. The fourth-order valence-electron chi connectivity index (χ4n) is 8.44. The third kappa shape index (κ3) is 18.0. The normalized spacial score (nSPS) is 14.3. The van der Waals surface area contributed by atoms with Gasteiger partial charge in [0.2, 0.25) is 0 Å². The van der Waals surface area contributed by atoms with Crippen molar-refractivity contribution in [2.24, 2.45) is 4.99 Å². The number of hydrogen-bond acceptors (Lipinski definition) is 4. The number of nitrogens with one attached hydrogen (secondary N) is 3. The molecule has 0 saturated carbocycles. The van der Waals surface area contributed by atoms with Gasteiger partial charge < -0.3 is 16.0 Å². The maximum absolute atomic E-state index is 8.98. The summed E-state index contributed by atoms with van der Waals surface area (Å²) in [5, 5.41) is 16.3. The number of allylic oxidation sites excluding steroid dienone is 18. The molecule has 1 aliphatic rings. The van der Waals surface area contributed by atoms with E-state index < -0.39 is 0 Å². The standard InChI is InChI=1S/C66H64N4.C5H8/c1-5-8-9-10-19-44-68-65-35-18-17-34-64(65)60-31-20-29-58(46-60)50(4)45-52(7-3)59-30-22-33-63(47-59)70-62-42-36-51(37-43-62)49-69-66(57-40-38-56(39-41-57)55-26-15-12-16-27-55)48-61(67)32-21-28-53(23-6-2)54-24-13-11-14-25-54;1-3-5-4-2/h5,7-31,33-43,45-46,48-49,63,67-68,70H,1,6,32,44,47H2,2-4H3;3-5H,1H2,2H3/b9-8-,19-10-,28-21-,50-45+,52-7+,53-23+,66-48-,67-61?,69-49?;5-4-. The molecule has 0 spiro atoms. The summed E-state index contributed by atoms with van der Waals surface area (Å²) in [7, 11) is 0. The summed E-state index contributed by atoms with van der Waals surface area (Å²) >= 11 is 0. The molecule has 0 aliphatic heterocycles. The first-order valence-corrected chi connectivity index (χ1v) is 25.9. The predicted octanol–water partition coefficient (Wildman–Crippen LogP) is 19.1. The lowest BCUT2D eigenvalue weighted by Gasteiger charge is -2.22. The molecule has 1 unspecified atom stereocenters. The molecule has 7 rings (SSSR count). The Kier molecular flexibility index (Phi) is 22.8. The van der Waals surface area contributed by atoms with Crippen LogP contribution in [0.2, 0.25) is 0 Å². The lowest BCUT2D eigenvalue weighted by molar-refractivity contribution is 0.850. The first kappa shape index (κ1) is 55.5. The summed E-state index contributed by atoms with van der Waals surface area (Å²) in [5.74, 6) is 0. The Bertz CT molecular complexity index is 3150. The summed E-state index contributed by atoms with van der Waals surface area (Å²) < 4.78 is 0. The Morgan fingerprint density at radius 1 is 0.680 bits per heavy atom. The van der Waals surface area contributed by atoms with Crippen molar-refractivity contribution in [1.82, 2.24) is 0 Å². The van der Waals surface area contributed by atoms with E-state index in [9.17, 15) is 0 Å². The van der Waals surface area contributed by atoms with E-state index in [-0.39, 0.29) is 6.04 Å². The van der Waals surface area contributed by atoms with Crippen LogP contribution in [0.4, 0.5) is 11.4 Å². The van der Waals surface area contributed by atoms with Crippen molar-refractivity contribution in [3.05, 3.63) is 308 Å². The maximum Gasteiger partial charge on any atom is 0.0720 e. The fraction of sp³-hybridized carbons (Fsp3) is 0.127. The van der Waals surface area contributed by atoms with Crippen LogP contribution in [-0.4, -0.2) is 24.5 Å². The van der Waals surface area contributed by atoms with E-state index in [1.807, 2.05) is 61.7 Å². The molecule has 4 nitrogen and oxygen atoms in total. The molecule has 0 radical (unpaired) electrons. The van der Waals surface area contributed by atoms with E-state index in [0.717, 1.165) is 64.3 Å². The molecule has 6 aromatic carbocycles. The molecule has 6 aromatic rings. The lowest BCUT2D eigenvalue weighted by Crippen LogP contribution is -2.19. The van der Waals surface area contributed by atoms with Gasteiger partial charge in [-0.15, -0.1) is 0 Å².